The lowest BCUT2D eigenvalue weighted by atomic mass is 9.82. The molecule has 1 aliphatic heterocycles. The molecule has 0 aliphatic carbocycles. The third kappa shape index (κ3) is 3.87. The van der Waals surface area contributed by atoms with Gasteiger partial charge in [0.05, 0.1) is 10.9 Å². The number of pyridine rings is 1. The van der Waals surface area contributed by atoms with E-state index < -0.39 is 0 Å². The second kappa shape index (κ2) is 7.87. The molecule has 0 N–H and O–H groups in total. The van der Waals surface area contributed by atoms with Gasteiger partial charge in [0.1, 0.15) is 7.05 Å². The predicted octanol–water partition coefficient (Wildman–Crippen LogP) is 8.35. The summed E-state index contributed by atoms with van der Waals surface area (Å²) in [6.45, 7) is 16.3. The third-order valence-corrected chi connectivity index (χ3v) is 8.04. The first kappa shape index (κ1) is 22.5. The molecule has 1 nitrogen and oxygen atoms in total. The summed E-state index contributed by atoms with van der Waals surface area (Å²) in [6.07, 6.45) is 4.45. The zero-order valence-corrected chi connectivity index (χ0v) is 22.2. The van der Waals surface area contributed by atoms with Gasteiger partial charge in [-0.1, -0.05) is 76.2 Å². The highest BCUT2D eigenvalue weighted by molar-refractivity contribution is 7.99. The number of hydrogen-bond acceptors (Lipinski definition) is 1. The first-order valence-corrected chi connectivity index (χ1v) is 13.0. The first-order chi connectivity index (χ1) is 15.5. The average Bonchev–Trinajstić information content (AvgIpc) is 2.71. The lowest BCUT2D eigenvalue weighted by Gasteiger charge is -2.28. The van der Waals surface area contributed by atoms with Crippen LogP contribution in [0.4, 0.5) is 0 Å². The number of nitrogens with zero attached hydrogens (tertiary/aromatic N) is 1. The summed E-state index contributed by atoms with van der Waals surface area (Å²) in [5, 5.41) is 5.62. The predicted molar refractivity (Wildman–Crippen MR) is 143 cm³/mol. The summed E-state index contributed by atoms with van der Waals surface area (Å²) < 4.78 is 2.35. The minimum atomic E-state index is 0.218. The average molecular weight is 455 g/mol. The van der Waals surface area contributed by atoms with Gasteiger partial charge in [-0.25, -0.2) is 4.57 Å². The molecule has 5 rings (SSSR count). The number of aryl methyl sites for hydroxylation is 3. The summed E-state index contributed by atoms with van der Waals surface area (Å²) in [5.74, 6) is 0.653. The highest BCUT2D eigenvalue weighted by Gasteiger charge is 2.32. The van der Waals surface area contributed by atoms with E-state index >= 15 is 0 Å². The van der Waals surface area contributed by atoms with E-state index in [0.29, 0.717) is 5.92 Å². The fourth-order valence-corrected chi connectivity index (χ4v) is 6.92. The van der Waals surface area contributed by atoms with Gasteiger partial charge < -0.3 is 0 Å². The number of hydrogen-bond donors (Lipinski definition) is 0. The van der Waals surface area contributed by atoms with Gasteiger partial charge in [0.2, 0.25) is 5.69 Å². The maximum Gasteiger partial charge on any atom is 0.222 e. The second-order valence-corrected chi connectivity index (χ2v) is 12.7. The molecule has 1 aliphatic rings. The van der Waals surface area contributed by atoms with Gasteiger partial charge in [0, 0.05) is 15.9 Å². The van der Waals surface area contributed by atoms with Crippen molar-refractivity contribution in [2.45, 2.75) is 71.1 Å². The summed E-state index contributed by atoms with van der Waals surface area (Å²) in [5.41, 5.74) is 8.74. The van der Waals surface area contributed by atoms with E-state index in [-0.39, 0.29) is 5.41 Å². The Hall–Kier alpha value is -2.32. The summed E-state index contributed by atoms with van der Waals surface area (Å²) in [6, 6.07) is 14.2. The van der Waals surface area contributed by atoms with Gasteiger partial charge in [-0.05, 0) is 76.9 Å². The summed E-state index contributed by atoms with van der Waals surface area (Å²) in [4.78, 5) is 2.89. The third-order valence-electron chi connectivity index (χ3n) is 6.84. The van der Waals surface area contributed by atoms with Gasteiger partial charge in [0.15, 0.2) is 6.20 Å². The number of rotatable bonds is 3. The minimum absolute atomic E-state index is 0.218. The second-order valence-electron chi connectivity index (χ2n) is 11.6. The van der Waals surface area contributed by atoms with Crippen molar-refractivity contribution in [2.24, 2.45) is 18.4 Å². The van der Waals surface area contributed by atoms with E-state index in [4.69, 9.17) is 0 Å². The van der Waals surface area contributed by atoms with Crippen LogP contribution in [-0.4, -0.2) is 0 Å². The van der Waals surface area contributed by atoms with Crippen molar-refractivity contribution in [3.8, 4) is 11.3 Å². The van der Waals surface area contributed by atoms with E-state index in [9.17, 15) is 0 Å². The van der Waals surface area contributed by atoms with Crippen LogP contribution in [0.25, 0.3) is 32.8 Å². The quantitative estimate of drug-likeness (QED) is 0.248. The van der Waals surface area contributed by atoms with E-state index in [2.05, 4.69) is 103 Å². The van der Waals surface area contributed by atoms with Crippen LogP contribution >= 0.6 is 11.8 Å². The Kier molecular flexibility index (Phi) is 5.36. The van der Waals surface area contributed by atoms with Gasteiger partial charge >= 0.3 is 0 Å². The van der Waals surface area contributed by atoms with Gasteiger partial charge in [-0.3, -0.25) is 0 Å². The molecular formula is C31H36NS+. The van der Waals surface area contributed by atoms with Crippen molar-refractivity contribution in [1.29, 1.82) is 0 Å². The highest BCUT2D eigenvalue weighted by atomic mass is 32.2. The molecule has 3 aromatic carbocycles. The molecule has 33 heavy (non-hydrogen) atoms. The Morgan fingerprint density at radius 3 is 2.42 bits per heavy atom. The molecule has 0 radical (unpaired) electrons. The van der Waals surface area contributed by atoms with Crippen LogP contribution in [0.2, 0.25) is 0 Å². The van der Waals surface area contributed by atoms with Crippen LogP contribution in [0, 0.1) is 25.2 Å². The molecule has 0 saturated heterocycles. The fraction of sp³-hybridized carbons (Fsp3) is 0.387. The van der Waals surface area contributed by atoms with Crippen molar-refractivity contribution in [3.05, 3.63) is 64.8 Å². The topological polar surface area (TPSA) is 3.88 Å². The molecule has 0 fully saturated rings. The SMILES string of the molecule is Cc1ccc2c(CC(C)(C)C)c3c(c(C)c2c1)-c1c2c(cc(CC(C)C)cc2cc[n+]1C)S3. The van der Waals surface area contributed by atoms with Gasteiger partial charge in [-0.2, -0.15) is 0 Å². The number of fused-ring (bicyclic) bond motifs is 3. The fourth-order valence-electron chi connectivity index (χ4n) is 5.52. The molecule has 2 heterocycles. The molecule has 0 spiro atoms. The van der Waals surface area contributed by atoms with Crippen LogP contribution < -0.4 is 4.57 Å². The molecule has 170 valence electrons. The summed E-state index contributed by atoms with van der Waals surface area (Å²) >= 11 is 2.01. The maximum atomic E-state index is 2.47. The molecule has 0 saturated carbocycles. The zero-order valence-electron chi connectivity index (χ0n) is 21.4. The van der Waals surface area contributed by atoms with Crippen LogP contribution in [0.15, 0.2) is 52.4 Å². The maximum absolute atomic E-state index is 2.47. The number of benzene rings is 3. The van der Waals surface area contributed by atoms with Crippen molar-refractivity contribution >= 4 is 33.3 Å². The van der Waals surface area contributed by atoms with Crippen molar-refractivity contribution < 1.29 is 4.57 Å². The molecule has 0 bridgehead atoms. The molecular weight excluding hydrogens is 418 g/mol. The lowest BCUT2D eigenvalue weighted by molar-refractivity contribution is -0.659. The van der Waals surface area contributed by atoms with Crippen molar-refractivity contribution in [2.75, 3.05) is 0 Å². The van der Waals surface area contributed by atoms with E-state index in [1.807, 2.05) is 11.8 Å². The van der Waals surface area contributed by atoms with Crippen molar-refractivity contribution in [1.82, 2.24) is 0 Å². The smallest absolute Gasteiger partial charge is 0.200 e. The standard InChI is InChI=1S/C31H36NS/c1-18(2)13-21-15-22-11-12-32(8)29-27-20(4)24-14-19(3)9-10-23(24)25(17-31(5,6)7)30(27)33-26(16-21)28(22)29/h9-12,14-16,18H,13,17H2,1-8H3/q+1. The Bertz CT molecular complexity index is 1420. The molecule has 2 heteroatoms. The first-order valence-electron chi connectivity index (χ1n) is 12.2. The van der Waals surface area contributed by atoms with Crippen LogP contribution in [-0.2, 0) is 19.9 Å². The minimum Gasteiger partial charge on any atom is -0.200 e. The molecule has 0 atom stereocenters. The van der Waals surface area contributed by atoms with E-state index in [1.165, 1.54) is 64.8 Å². The Morgan fingerprint density at radius 2 is 1.73 bits per heavy atom. The lowest BCUT2D eigenvalue weighted by Crippen LogP contribution is -2.32. The van der Waals surface area contributed by atoms with Crippen molar-refractivity contribution in [3.63, 3.8) is 0 Å². The zero-order chi connectivity index (χ0) is 23.7. The Labute approximate surface area is 203 Å². The van der Waals surface area contributed by atoms with Gasteiger partial charge in [0.25, 0.3) is 0 Å². The van der Waals surface area contributed by atoms with E-state index in [0.717, 1.165) is 12.8 Å². The van der Waals surface area contributed by atoms with Gasteiger partial charge in [-0.15, -0.1) is 0 Å². The molecule has 1 aromatic heterocycles. The monoisotopic (exact) mass is 454 g/mol. The Balaban J connectivity index is 1.91. The van der Waals surface area contributed by atoms with Crippen LogP contribution in [0.1, 0.15) is 56.9 Å². The van der Waals surface area contributed by atoms with E-state index in [1.54, 1.807) is 0 Å². The molecule has 4 aromatic rings. The normalized spacial score (nSPS) is 13.2. The summed E-state index contributed by atoms with van der Waals surface area (Å²) in [7, 11) is 2.21. The Morgan fingerprint density at radius 1 is 0.970 bits per heavy atom. The van der Waals surface area contributed by atoms with Crippen LogP contribution in [0.3, 0.4) is 0 Å². The molecule has 0 unspecified atom stereocenters. The molecule has 0 amide bonds. The van der Waals surface area contributed by atoms with Crippen LogP contribution in [0.5, 0.6) is 0 Å². The largest absolute Gasteiger partial charge is 0.222 e. The number of aromatic nitrogens is 1. The highest BCUT2D eigenvalue weighted by Crippen LogP contribution is 2.52.